The van der Waals surface area contributed by atoms with Crippen LogP contribution in [0, 0.1) is 5.41 Å². The van der Waals surface area contributed by atoms with E-state index < -0.39 is 26.1 Å². The van der Waals surface area contributed by atoms with Gasteiger partial charge in [-0.05, 0) is 60.2 Å². The number of hydrogen-bond donors (Lipinski definition) is 6. The summed E-state index contributed by atoms with van der Waals surface area (Å²) in [6.07, 6.45) is 0. The lowest BCUT2D eigenvalue weighted by Gasteiger charge is -2.11. The van der Waals surface area contributed by atoms with Crippen LogP contribution in [0.1, 0.15) is 11.1 Å². The van der Waals surface area contributed by atoms with Crippen LogP contribution in [0.5, 0.6) is 0 Å². The second-order valence-corrected chi connectivity index (χ2v) is 10.4. The summed E-state index contributed by atoms with van der Waals surface area (Å²) in [6.45, 7) is -0.0817. The molecule has 13 heteroatoms. The van der Waals surface area contributed by atoms with Gasteiger partial charge in [0.2, 0.25) is 20.0 Å². The molecule has 0 radical (unpaired) electrons. The number of nitrogen functional groups attached to an aromatic ring is 1. The maximum absolute atomic E-state index is 12.7. The topological polar surface area (TPSA) is 197 Å². The van der Waals surface area contributed by atoms with Crippen molar-refractivity contribution in [1.29, 1.82) is 5.41 Å². The van der Waals surface area contributed by atoms with Gasteiger partial charge in [0.15, 0.2) is 0 Å². The maximum Gasteiger partial charge on any atom is 0.323 e. The van der Waals surface area contributed by atoms with Crippen LogP contribution in [-0.2, 0) is 26.6 Å². The Labute approximate surface area is 196 Å². The van der Waals surface area contributed by atoms with Gasteiger partial charge < -0.3 is 16.4 Å². The third kappa shape index (κ3) is 6.62. The van der Waals surface area contributed by atoms with E-state index in [-0.39, 0.29) is 27.9 Å². The van der Waals surface area contributed by atoms with E-state index in [1.54, 1.807) is 24.3 Å². The number of urea groups is 1. The molecule has 2 amide bonds. The van der Waals surface area contributed by atoms with Crippen LogP contribution in [0.3, 0.4) is 0 Å². The van der Waals surface area contributed by atoms with E-state index in [2.05, 4.69) is 15.4 Å². The van der Waals surface area contributed by atoms with Crippen LogP contribution in [0.15, 0.2) is 82.6 Å². The number of hydrogen-bond acceptors (Lipinski definition) is 6. The predicted molar refractivity (Wildman–Crippen MR) is 128 cm³/mol. The van der Waals surface area contributed by atoms with Gasteiger partial charge in [0.25, 0.3) is 0 Å². The monoisotopic (exact) mass is 502 g/mol. The standard InChI is InChI=1S/C21H22N6O5S2/c22-20(23)15-6-8-16(9-7-15)26-21(28)27-17-2-1-3-19(12-17)34(31,32)25-13-14-4-10-18(11-5-14)33(24,29)30/h1-12,25H,13H2,(H3,22,23)(H2,24,29,30)(H2,26,27,28). The van der Waals surface area contributed by atoms with Gasteiger partial charge in [0.1, 0.15) is 5.84 Å². The Hall–Kier alpha value is -3.78. The molecule has 0 atom stereocenters. The number of rotatable bonds is 8. The second kappa shape index (κ2) is 10.0. The normalized spacial score (nSPS) is 11.6. The summed E-state index contributed by atoms with van der Waals surface area (Å²) in [7, 11) is -7.76. The van der Waals surface area contributed by atoms with Gasteiger partial charge in [-0.3, -0.25) is 5.41 Å². The van der Waals surface area contributed by atoms with Crippen molar-refractivity contribution in [2.24, 2.45) is 10.9 Å². The molecule has 0 saturated heterocycles. The van der Waals surface area contributed by atoms with Crippen LogP contribution in [-0.4, -0.2) is 28.7 Å². The highest BCUT2D eigenvalue weighted by Gasteiger charge is 2.15. The minimum atomic E-state index is -3.92. The zero-order valence-corrected chi connectivity index (χ0v) is 19.3. The number of carbonyl (C=O) groups is 1. The van der Waals surface area contributed by atoms with Crippen molar-refractivity contribution in [2.75, 3.05) is 10.6 Å². The Balaban J connectivity index is 1.63. The van der Waals surface area contributed by atoms with E-state index in [1.807, 2.05) is 0 Å². The van der Waals surface area contributed by atoms with Gasteiger partial charge >= 0.3 is 6.03 Å². The van der Waals surface area contributed by atoms with Crippen molar-refractivity contribution in [3.05, 3.63) is 83.9 Å². The molecule has 0 aliphatic heterocycles. The van der Waals surface area contributed by atoms with Crippen LogP contribution in [0.4, 0.5) is 16.2 Å². The van der Waals surface area contributed by atoms with Crippen molar-refractivity contribution < 1.29 is 21.6 Å². The van der Waals surface area contributed by atoms with Crippen LogP contribution in [0.2, 0.25) is 0 Å². The molecule has 0 heterocycles. The Morgan fingerprint density at radius 1 is 0.824 bits per heavy atom. The van der Waals surface area contributed by atoms with Gasteiger partial charge in [0.05, 0.1) is 9.79 Å². The zero-order valence-electron chi connectivity index (χ0n) is 17.6. The molecule has 0 unspecified atom stereocenters. The van der Waals surface area contributed by atoms with Gasteiger partial charge in [-0.1, -0.05) is 18.2 Å². The maximum atomic E-state index is 12.7. The van der Waals surface area contributed by atoms with E-state index in [0.29, 0.717) is 16.8 Å². The summed E-state index contributed by atoms with van der Waals surface area (Å²) in [5, 5.41) is 17.6. The molecule has 3 aromatic carbocycles. The summed E-state index contributed by atoms with van der Waals surface area (Å²) in [6, 6.07) is 16.9. The lowest BCUT2D eigenvalue weighted by atomic mass is 10.2. The summed E-state index contributed by atoms with van der Waals surface area (Å²) >= 11 is 0. The number of benzene rings is 3. The highest BCUT2D eigenvalue weighted by molar-refractivity contribution is 7.89. The van der Waals surface area contributed by atoms with Crippen molar-refractivity contribution in [1.82, 2.24) is 4.72 Å². The fourth-order valence-electron chi connectivity index (χ4n) is 2.83. The summed E-state index contributed by atoms with van der Waals surface area (Å²) in [5.74, 6) is -0.0943. The second-order valence-electron chi connectivity index (χ2n) is 7.11. The molecule has 3 aromatic rings. The number of primary sulfonamides is 1. The molecule has 11 nitrogen and oxygen atoms in total. The lowest BCUT2D eigenvalue weighted by molar-refractivity contribution is 0.262. The Bertz CT molecular complexity index is 1420. The molecular formula is C21H22N6O5S2. The number of sulfonamides is 2. The van der Waals surface area contributed by atoms with Crippen LogP contribution >= 0.6 is 0 Å². The largest absolute Gasteiger partial charge is 0.384 e. The molecule has 8 N–H and O–H groups in total. The smallest absolute Gasteiger partial charge is 0.323 e. The van der Waals surface area contributed by atoms with Gasteiger partial charge in [-0.25, -0.2) is 31.5 Å². The van der Waals surface area contributed by atoms with Gasteiger partial charge in [-0.15, -0.1) is 0 Å². The van der Waals surface area contributed by atoms with E-state index >= 15 is 0 Å². The fourth-order valence-corrected chi connectivity index (χ4v) is 4.40. The number of carbonyl (C=O) groups excluding carboxylic acids is 1. The van der Waals surface area contributed by atoms with Crippen molar-refractivity contribution in [3.63, 3.8) is 0 Å². The Morgan fingerprint density at radius 2 is 1.44 bits per heavy atom. The zero-order chi connectivity index (χ0) is 24.9. The Morgan fingerprint density at radius 3 is 2.03 bits per heavy atom. The van der Waals surface area contributed by atoms with Crippen LogP contribution in [0.25, 0.3) is 0 Å². The molecule has 0 saturated carbocycles. The Kier molecular flexibility index (Phi) is 7.32. The molecule has 0 spiro atoms. The minimum Gasteiger partial charge on any atom is -0.384 e. The SMILES string of the molecule is N=C(N)c1ccc(NC(=O)Nc2cccc(S(=O)(=O)NCc3ccc(S(N)(=O)=O)cc3)c2)cc1. The quantitative estimate of drug-likeness (QED) is 0.200. The van der Waals surface area contributed by atoms with Crippen LogP contribution < -0.4 is 26.2 Å². The molecule has 0 aliphatic carbocycles. The number of amidine groups is 1. The average molecular weight is 503 g/mol. The molecular weight excluding hydrogens is 480 g/mol. The highest BCUT2D eigenvalue weighted by atomic mass is 32.2. The predicted octanol–water partition coefficient (Wildman–Crippen LogP) is 1.74. The van der Waals surface area contributed by atoms with Crippen molar-refractivity contribution in [2.45, 2.75) is 16.3 Å². The first-order valence-electron chi connectivity index (χ1n) is 9.68. The lowest BCUT2D eigenvalue weighted by Crippen LogP contribution is -2.24. The first-order valence-corrected chi connectivity index (χ1v) is 12.7. The van der Waals surface area contributed by atoms with E-state index in [4.69, 9.17) is 16.3 Å². The first-order chi connectivity index (χ1) is 15.9. The summed E-state index contributed by atoms with van der Waals surface area (Å²) in [4.78, 5) is 12.1. The number of nitrogens with two attached hydrogens (primary N) is 2. The average Bonchev–Trinajstić information content (AvgIpc) is 2.78. The van der Waals surface area contributed by atoms with Gasteiger partial charge in [0, 0.05) is 23.5 Å². The molecule has 3 rings (SSSR count). The van der Waals surface area contributed by atoms with E-state index in [0.717, 1.165) is 0 Å². The first kappa shape index (κ1) is 24.9. The number of anilines is 2. The van der Waals surface area contributed by atoms with Crippen molar-refractivity contribution >= 4 is 43.3 Å². The fraction of sp³-hybridized carbons (Fsp3) is 0.0476. The summed E-state index contributed by atoms with van der Waals surface area (Å²) in [5.41, 5.74) is 7.14. The van der Waals surface area contributed by atoms with E-state index in [9.17, 15) is 21.6 Å². The van der Waals surface area contributed by atoms with E-state index in [1.165, 1.54) is 48.5 Å². The third-order valence-corrected chi connectivity index (χ3v) is 6.90. The molecule has 34 heavy (non-hydrogen) atoms. The molecule has 0 aromatic heterocycles. The van der Waals surface area contributed by atoms with Gasteiger partial charge in [-0.2, -0.15) is 0 Å². The number of amides is 2. The molecule has 0 aliphatic rings. The van der Waals surface area contributed by atoms with Crippen molar-refractivity contribution in [3.8, 4) is 0 Å². The minimum absolute atomic E-state index is 0.0720. The molecule has 0 fully saturated rings. The third-order valence-electron chi connectivity index (χ3n) is 4.57. The molecule has 178 valence electrons. The summed E-state index contributed by atoms with van der Waals surface area (Å²) < 4.78 is 50.4. The highest BCUT2D eigenvalue weighted by Crippen LogP contribution is 2.17. The number of nitrogens with one attached hydrogen (secondary N) is 4. The molecule has 0 bridgehead atoms.